The van der Waals surface area contributed by atoms with Crippen LogP contribution in [0.15, 0.2) is 18.2 Å². The Morgan fingerprint density at radius 2 is 2.11 bits per heavy atom. The van der Waals surface area contributed by atoms with Crippen molar-refractivity contribution in [2.75, 3.05) is 13.7 Å². The van der Waals surface area contributed by atoms with Gasteiger partial charge in [0, 0.05) is 12.1 Å². The third kappa shape index (κ3) is 3.95. The average molecular weight is 262 g/mol. The van der Waals surface area contributed by atoms with E-state index < -0.39 is 0 Å². The molecule has 0 heterocycles. The highest BCUT2D eigenvalue weighted by molar-refractivity contribution is 5.37. The van der Waals surface area contributed by atoms with Crippen molar-refractivity contribution in [2.45, 2.75) is 51.1 Å². The van der Waals surface area contributed by atoms with E-state index >= 15 is 0 Å². The molecule has 0 saturated heterocycles. The summed E-state index contributed by atoms with van der Waals surface area (Å²) in [6.07, 6.45) is 5.95. The van der Waals surface area contributed by atoms with Gasteiger partial charge in [-0.15, -0.1) is 0 Å². The first-order chi connectivity index (χ1) is 9.20. The first-order valence-electron chi connectivity index (χ1n) is 7.33. The predicted molar refractivity (Wildman–Crippen MR) is 79.7 cm³/mol. The van der Waals surface area contributed by atoms with Crippen molar-refractivity contribution in [3.8, 4) is 5.75 Å². The van der Waals surface area contributed by atoms with Gasteiger partial charge < -0.3 is 15.8 Å². The second-order valence-corrected chi connectivity index (χ2v) is 5.57. The van der Waals surface area contributed by atoms with Gasteiger partial charge in [-0.1, -0.05) is 30.5 Å². The number of hydrogen-bond acceptors (Lipinski definition) is 3. The Labute approximate surface area is 116 Å². The molecule has 1 aromatic rings. The predicted octanol–water partition coefficient (Wildman–Crippen LogP) is 2.41. The maximum absolute atomic E-state index is 6.15. The first kappa shape index (κ1) is 14.4. The highest BCUT2D eigenvalue weighted by atomic mass is 16.5. The second-order valence-electron chi connectivity index (χ2n) is 5.57. The minimum atomic E-state index is 0.327. The highest BCUT2D eigenvalue weighted by Crippen LogP contribution is 2.20. The lowest BCUT2D eigenvalue weighted by Crippen LogP contribution is -2.47. The molecule has 0 aliphatic heterocycles. The van der Waals surface area contributed by atoms with Crippen molar-refractivity contribution >= 4 is 0 Å². The zero-order valence-electron chi connectivity index (χ0n) is 12.1. The zero-order chi connectivity index (χ0) is 13.7. The summed E-state index contributed by atoms with van der Waals surface area (Å²) >= 11 is 0. The Morgan fingerprint density at radius 1 is 1.32 bits per heavy atom. The van der Waals surface area contributed by atoms with Gasteiger partial charge in [-0.3, -0.25) is 0 Å². The van der Waals surface area contributed by atoms with E-state index in [2.05, 4.69) is 30.4 Å². The number of nitrogens with two attached hydrogens (primary N) is 1. The number of hydrogen-bond donors (Lipinski definition) is 2. The van der Waals surface area contributed by atoms with E-state index in [1.54, 1.807) is 7.11 Å². The van der Waals surface area contributed by atoms with Crippen molar-refractivity contribution in [3.63, 3.8) is 0 Å². The summed E-state index contributed by atoms with van der Waals surface area (Å²) in [5.74, 6) is 0.986. The third-order valence-electron chi connectivity index (χ3n) is 4.06. The van der Waals surface area contributed by atoms with Gasteiger partial charge in [0.25, 0.3) is 0 Å². The maximum Gasteiger partial charge on any atom is 0.122 e. The molecular formula is C16H26N2O. The van der Waals surface area contributed by atoms with Gasteiger partial charge in [0.15, 0.2) is 0 Å². The summed E-state index contributed by atoms with van der Waals surface area (Å²) in [5.41, 5.74) is 8.71. The first-order valence-corrected chi connectivity index (χ1v) is 7.33. The molecule has 2 unspecified atom stereocenters. The van der Waals surface area contributed by atoms with E-state index in [1.165, 1.54) is 30.4 Å². The number of methoxy groups -OCH3 is 1. The fraction of sp³-hybridized carbons (Fsp3) is 0.625. The number of rotatable bonds is 5. The van der Waals surface area contributed by atoms with Gasteiger partial charge >= 0.3 is 0 Å². The molecule has 3 heteroatoms. The van der Waals surface area contributed by atoms with Crippen LogP contribution in [0.2, 0.25) is 0 Å². The van der Waals surface area contributed by atoms with Crippen LogP contribution >= 0.6 is 0 Å². The lowest BCUT2D eigenvalue weighted by Gasteiger charge is -2.29. The number of nitrogens with one attached hydrogen (secondary N) is 1. The molecule has 0 aromatic heterocycles. The van der Waals surface area contributed by atoms with Crippen molar-refractivity contribution in [2.24, 2.45) is 5.73 Å². The summed E-state index contributed by atoms with van der Waals surface area (Å²) in [7, 11) is 1.73. The minimum absolute atomic E-state index is 0.327. The molecule has 19 heavy (non-hydrogen) atoms. The molecule has 1 saturated carbocycles. The molecule has 1 fully saturated rings. The van der Waals surface area contributed by atoms with E-state index in [0.29, 0.717) is 12.1 Å². The summed E-state index contributed by atoms with van der Waals surface area (Å²) in [6, 6.07) is 7.17. The molecule has 0 bridgehead atoms. The van der Waals surface area contributed by atoms with Gasteiger partial charge in [-0.05, 0) is 44.4 Å². The van der Waals surface area contributed by atoms with Crippen molar-refractivity contribution in [1.29, 1.82) is 0 Å². The Kier molecular flexibility index (Phi) is 5.23. The lowest BCUT2D eigenvalue weighted by atomic mass is 9.91. The van der Waals surface area contributed by atoms with E-state index in [1.807, 2.05) is 0 Å². The van der Waals surface area contributed by atoms with Crippen molar-refractivity contribution in [3.05, 3.63) is 29.3 Å². The molecule has 2 atom stereocenters. The standard InChI is InChI=1S/C16H26N2O/c1-12-7-8-16(19-2)13(11-12)9-10-18-15-6-4-3-5-14(15)17/h7-8,11,14-15,18H,3-6,9-10,17H2,1-2H3. The summed E-state index contributed by atoms with van der Waals surface area (Å²) in [6.45, 7) is 3.09. The van der Waals surface area contributed by atoms with Crippen LogP contribution in [0, 0.1) is 6.92 Å². The summed E-state index contributed by atoms with van der Waals surface area (Å²) in [5, 5.41) is 3.61. The number of benzene rings is 1. The molecular weight excluding hydrogens is 236 g/mol. The second kappa shape index (κ2) is 6.92. The van der Waals surface area contributed by atoms with Crippen LogP contribution in [-0.4, -0.2) is 25.7 Å². The Bertz CT molecular complexity index is 406. The number of ether oxygens (including phenoxy) is 1. The van der Waals surface area contributed by atoms with Crippen LogP contribution in [0.1, 0.15) is 36.8 Å². The number of aryl methyl sites for hydroxylation is 1. The van der Waals surface area contributed by atoms with Gasteiger partial charge in [-0.2, -0.15) is 0 Å². The van der Waals surface area contributed by atoms with Crippen LogP contribution in [-0.2, 0) is 6.42 Å². The van der Waals surface area contributed by atoms with Gasteiger partial charge in [0.1, 0.15) is 5.75 Å². The van der Waals surface area contributed by atoms with E-state index in [9.17, 15) is 0 Å². The van der Waals surface area contributed by atoms with Crippen molar-refractivity contribution < 1.29 is 4.74 Å². The fourth-order valence-electron chi connectivity index (χ4n) is 2.91. The normalized spacial score (nSPS) is 23.3. The van der Waals surface area contributed by atoms with Gasteiger partial charge in [-0.25, -0.2) is 0 Å². The van der Waals surface area contributed by atoms with Crippen LogP contribution in [0.5, 0.6) is 5.75 Å². The fourth-order valence-corrected chi connectivity index (χ4v) is 2.91. The molecule has 3 N–H and O–H groups in total. The van der Waals surface area contributed by atoms with Crippen LogP contribution < -0.4 is 15.8 Å². The molecule has 1 aliphatic carbocycles. The van der Waals surface area contributed by atoms with Crippen molar-refractivity contribution in [1.82, 2.24) is 5.32 Å². The van der Waals surface area contributed by atoms with Gasteiger partial charge in [0.05, 0.1) is 7.11 Å². The minimum Gasteiger partial charge on any atom is -0.496 e. The quantitative estimate of drug-likeness (QED) is 0.856. The molecule has 1 aliphatic rings. The molecule has 3 nitrogen and oxygen atoms in total. The zero-order valence-corrected chi connectivity index (χ0v) is 12.1. The summed E-state index contributed by atoms with van der Waals surface area (Å²) < 4.78 is 5.41. The maximum atomic E-state index is 6.15. The third-order valence-corrected chi connectivity index (χ3v) is 4.06. The lowest BCUT2D eigenvalue weighted by molar-refractivity contribution is 0.329. The van der Waals surface area contributed by atoms with E-state index in [4.69, 9.17) is 10.5 Å². The molecule has 0 spiro atoms. The van der Waals surface area contributed by atoms with E-state index in [0.717, 1.165) is 25.1 Å². The molecule has 0 radical (unpaired) electrons. The van der Waals surface area contributed by atoms with Crippen LogP contribution in [0.4, 0.5) is 0 Å². The SMILES string of the molecule is COc1ccc(C)cc1CCNC1CCCCC1N. The Morgan fingerprint density at radius 3 is 2.84 bits per heavy atom. The molecule has 106 valence electrons. The van der Waals surface area contributed by atoms with Gasteiger partial charge in [0.2, 0.25) is 0 Å². The van der Waals surface area contributed by atoms with Crippen LogP contribution in [0.25, 0.3) is 0 Å². The monoisotopic (exact) mass is 262 g/mol. The van der Waals surface area contributed by atoms with Crippen LogP contribution in [0.3, 0.4) is 0 Å². The Hall–Kier alpha value is -1.06. The molecule has 0 amide bonds. The Balaban J connectivity index is 1.86. The summed E-state index contributed by atoms with van der Waals surface area (Å²) in [4.78, 5) is 0. The topological polar surface area (TPSA) is 47.3 Å². The van der Waals surface area contributed by atoms with E-state index in [-0.39, 0.29) is 0 Å². The molecule has 1 aromatic carbocycles. The smallest absolute Gasteiger partial charge is 0.122 e. The average Bonchev–Trinajstić information content (AvgIpc) is 2.41. The highest BCUT2D eigenvalue weighted by Gasteiger charge is 2.20. The largest absolute Gasteiger partial charge is 0.496 e. The molecule has 2 rings (SSSR count).